The van der Waals surface area contributed by atoms with Gasteiger partial charge in [0.1, 0.15) is 0 Å². The molecule has 1 heterocycles. The summed E-state index contributed by atoms with van der Waals surface area (Å²) in [5, 5.41) is 2.49. The lowest BCUT2D eigenvalue weighted by Gasteiger charge is -2.01. The summed E-state index contributed by atoms with van der Waals surface area (Å²) in [4.78, 5) is 0. The molecule has 18 heavy (non-hydrogen) atoms. The maximum absolute atomic E-state index is 3.73. The van der Waals surface area contributed by atoms with Crippen LogP contribution in [0.15, 0.2) is 30.9 Å². The van der Waals surface area contributed by atoms with Gasteiger partial charge in [0.15, 0.2) is 0 Å². The Balaban J connectivity index is 3.73. The summed E-state index contributed by atoms with van der Waals surface area (Å²) in [6.45, 7) is 12.0. The van der Waals surface area contributed by atoms with Crippen LogP contribution in [0.2, 0.25) is 6.82 Å². The molecule has 2 heteroatoms. The van der Waals surface area contributed by atoms with Gasteiger partial charge in [-0.05, 0) is 20.8 Å². The molecule has 1 radical (unpaired) electrons. The van der Waals surface area contributed by atoms with Crippen molar-refractivity contribution in [1.82, 2.24) is 4.48 Å². The second kappa shape index (κ2) is 6.90. The van der Waals surface area contributed by atoms with E-state index in [1.165, 1.54) is 21.8 Å². The summed E-state index contributed by atoms with van der Waals surface area (Å²) >= 11 is 0. The Kier molecular flexibility index (Phi) is 5.51. The van der Waals surface area contributed by atoms with Gasteiger partial charge in [0.2, 0.25) is 7.41 Å². The first-order valence-corrected chi connectivity index (χ1v) is 6.30. The van der Waals surface area contributed by atoms with E-state index in [-0.39, 0.29) is 0 Å². The molecule has 0 unspecified atom stereocenters. The molecule has 0 saturated heterocycles. The Labute approximate surface area is 111 Å². The molecule has 0 spiro atoms. The molecule has 93 valence electrons. The molecule has 0 aromatic carbocycles. The zero-order valence-electron chi connectivity index (χ0n) is 11.8. The minimum Gasteiger partial charge on any atom is -0.394 e. The Bertz CT molecular complexity index is 586. The molecule has 0 amide bonds. The SMILES string of the molecule is C=C/C=C\c1c(C)n([B]C)c(=C/C)/c1=C\C=C/C. The van der Waals surface area contributed by atoms with E-state index in [1.54, 1.807) is 6.08 Å². The first-order valence-electron chi connectivity index (χ1n) is 6.30. The highest BCUT2D eigenvalue weighted by atomic mass is 14.9. The standard InChI is InChI=1S/C16H21BN/c1-6-9-11-14-13(4)18(17-5)16(8-3)15(14)12-10-7-2/h6-12H,1H2,2-5H3/b10-7-,11-9-,15-12-,16-8+. The first kappa shape index (κ1) is 14.4. The van der Waals surface area contributed by atoms with Crippen molar-refractivity contribution in [2.45, 2.75) is 27.6 Å². The van der Waals surface area contributed by atoms with Crippen LogP contribution < -0.4 is 10.6 Å². The van der Waals surface area contributed by atoms with Crippen molar-refractivity contribution in [3.05, 3.63) is 52.7 Å². The maximum Gasteiger partial charge on any atom is 0.249 e. The number of hydrogen-bond donors (Lipinski definition) is 0. The largest absolute Gasteiger partial charge is 0.394 e. The maximum atomic E-state index is 3.73. The summed E-state index contributed by atoms with van der Waals surface area (Å²) in [5.41, 5.74) is 2.50. The third-order valence-corrected chi connectivity index (χ3v) is 2.96. The molecule has 1 rings (SSSR count). The molecule has 1 aromatic rings. The molecule has 0 aliphatic rings. The van der Waals surface area contributed by atoms with Gasteiger partial charge in [-0.1, -0.05) is 55.9 Å². The monoisotopic (exact) mass is 238 g/mol. The van der Waals surface area contributed by atoms with Crippen LogP contribution in [0.25, 0.3) is 18.2 Å². The van der Waals surface area contributed by atoms with Gasteiger partial charge >= 0.3 is 0 Å². The Morgan fingerprint density at radius 1 is 1.22 bits per heavy atom. The number of aromatic nitrogens is 1. The van der Waals surface area contributed by atoms with Crippen LogP contribution in [0.5, 0.6) is 0 Å². The molecule has 0 aliphatic carbocycles. The van der Waals surface area contributed by atoms with Gasteiger partial charge in [-0.2, -0.15) is 0 Å². The van der Waals surface area contributed by atoms with Crippen molar-refractivity contribution >= 4 is 25.6 Å². The zero-order chi connectivity index (χ0) is 13.5. The van der Waals surface area contributed by atoms with Crippen molar-refractivity contribution in [2.24, 2.45) is 0 Å². The fourth-order valence-corrected chi connectivity index (χ4v) is 2.14. The van der Waals surface area contributed by atoms with Crippen molar-refractivity contribution in [3.63, 3.8) is 0 Å². The van der Waals surface area contributed by atoms with Gasteiger partial charge in [0, 0.05) is 21.8 Å². The number of hydrogen-bond acceptors (Lipinski definition) is 0. The zero-order valence-corrected chi connectivity index (χ0v) is 11.8. The Morgan fingerprint density at radius 2 is 1.94 bits per heavy atom. The van der Waals surface area contributed by atoms with Gasteiger partial charge in [0.05, 0.1) is 0 Å². The van der Waals surface area contributed by atoms with E-state index in [1.807, 2.05) is 19.1 Å². The van der Waals surface area contributed by atoms with Crippen molar-refractivity contribution < 1.29 is 0 Å². The van der Waals surface area contributed by atoms with E-state index >= 15 is 0 Å². The van der Waals surface area contributed by atoms with Crippen LogP contribution in [0.3, 0.4) is 0 Å². The van der Waals surface area contributed by atoms with E-state index in [0.717, 1.165) is 0 Å². The lowest BCUT2D eigenvalue weighted by Crippen LogP contribution is -2.31. The summed E-state index contributed by atoms with van der Waals surface area (Å²) in [7, 11) is 2.10. The smallest absolute Gasteiger partial charge is 0.249 e. The molecule has 0 aliphatic heterocycles. The van der Waals surface area contributed by atoms with E-state index in [4.69, 9.17) is 0 Å². The second-order valence-corrected chi connectivity index (χ2v) is 4.00. The molecular weight excluding hydrogens is 217 g/mol. The minimum atomic E-state index is 1.23. The Hall–Kier alpha value is -1.70. The van der Waals surface area contributed by atoms with Crippen LogP contribution in [0.4, 0.5) is 0 Å². The van der Waals surface area contributed by atoms with Crippen molar-refractivity contribution in [2.75, 3.05) is 0 Å². The van der Waals surface area contributed by atoms with E-state index in [0.29, 0.717) is 0 Å². The van der Waals surface area contributed by atoms with Crippen LogP contribution in [0.1, 0.15) is 25.1 Å². The predicted octanol–water partition coefficient (Wildman–Crippen LogP) is 2.67. The minimum absolute atomic E-state index is 1.23. The highest BCUT2D eigenvalue weighted by Gasteiger charge is 2.06. The van der Waals surface area contributed by atoms with Gasteiger partial charge in [0.25, 0.3) is 0 Å². The van der Waals surface area contributed by atoms with Crippen LogP contribution in [-0.2, 0) is 0 Å². The number of allylic oxidation sites excluding steroid dienone is 4. The average molecular weight is 238 g/mol. The van der Waals surface area contributed by atoms with Crippen molar-refractivity contribution in [1.29, 1.82) is 0 Å². The first-order chi connectivity index (χ1) is 8.71. The number of nitrogens with zero attached hydrogens (tertiary/aromatic N) is 1. The molecule has 0 bridgehead atoms. The van der Waals surface area contributed by atoms with Gasteiger partial charge < -0.3 is 4.48 Å². The van der Waals surface area contributed by atoms with Gasteiger partial charge in [-0.15, -0.1) is 0 Å². The lowest BCUT2D eigenvalue weighted by molar-refractivity contribution is 1.09. The second-order valence-electron chi connectivity index (χ2n) is 4.00. The molecule has 0 atom stereocenters. The van der Waals surface area contributed by atoms with E-state index in [9.17, 15) is 0 Å². The summed E-state index contributed by atoms with van der Waals surface area (Å²) in [6, 6.07) is 0. The van der Waals surface area contributed by atoms with E-state index < -0.39 is 0 Å². The van der Waals surface area contributed by atoms with Crippen LogP contribution in [0, 0.1) is 6.92 Å². The fourth-order valence-electron chi connectivity index (χ4n) is 2.14. The summed E-state index contributed by atoms with van der Waals surface area (Å²) in [5.74, 6) is 0. The van der Waals surface area contributed by atoms with Crippen molar-refractivity contribution in [3.8, 4) is 0 Å². The van der Waals surface area contributed by atoms with Crippen LogP contribution >= 0.6 is 0 Å². The average Bonchev–Trinajstić information content (AvgIpc) is 2.65. The molecule has 1 nitrogen and oxygen atoms in total. The highest BCUT2D eigenvalue weighted by Crippen LogP contribution is 2.03. The summed E-state index contributed by atoms with van der Waals surface area (Å²) in [6.07, 6.45) is 14.3. The highest BCUT2D eigenvalue weighted by molar-refractivity contribution is 6.31. The molecule has 1 aromatic heterocycles. The summed E-state index contributed by atoms with van der Waals surface area (Å²) < 4.78 is 2.22. The van der Waals surface area contributed by atoms with Gasteiger partial charge in [-0.3, -0.25) is 0 Å². The quantitative estimate of drug-likeness (QED) is 0.561. The topological polar surface area (TPSA) is 4.93 Å². The molecule has 0 fully saturated rings. The molecule has 0 saturated carbocycles. The third-order valence-electron chi connectivity index (χ3n) is 2.96. The normalized spacial score (nSPS) is 14.0. The van der Waals surface area contributed by atoms with Crippen LogP contribution in [-0.4, -0.2) is 11.9 Å². The molecule has 0 N–H and O–H groups in total. The molecular formula is C16H21BN. The number of rotatable bonds is 4. The Morgan fingerprint density at radius 3 is 2.44 bits per heavy atom. The predicted molar refractivity (Wildman–Crippen MR) is 84.1 cm³/mol. The lowest BCUT2D eigenvalue weighted by atomic mass is 9.99. The fraction of sp³-hybridized carbons (Fsp3) is 0.250. The van der Waals surface area contributed by atoms with Gasteiger partial charge in [-0.25, -0.2) is 0 Å². The van der Waals surface area contributed by atoms with E-state index in [2.05, 4.69) is 63.4 Å². The third kappa shape index (κ3) is 2.76.